The van der Waals surface area contributed by atoms with Gasteiger partial charge in [-0.2, -0.15) is 0 Å². The van der Waals surface area contributed by atoms with Gasteiger partial charge in [-0.3, -0.25) is 4.79 Å². The van der Waals surface area contributed by atoms with E-state index in [0.29, 0.717) is 24.2 Å². The molecule has 0 aromatic heterocycles. The van der Waals surface area contributed by atoms with Crippen molar-refractivity contribution >= 4 is 28.3 Å². The SMILES string of the molecule is Cl.N[C@@H]1CN(C(=O)c2cccc(CS(N)(=O)=O)c2)C[C@H]1c1ccccc1. The second-order valence-electron chi connectivity index (χ2n) is 6.40. The monoisotopic (exact) mass is 395 g/mol. The summed E-state index contributed by atoms with van der Waals surface area (Å²) in [6.07, 6.45) is 0. The lowest BCUT2D eigenvalue weighted by Crippen LogP contribution is -2.32. The lowest BCUT2D eigenvalue weighted by Gasteiger charge is -2.17. The topological polar surface area (TPSA) is 106 Å². The number of nitrogens with two attached hydrogens (primary N) is 2. The second-order valence-corrected chi connectivity index (χ2v) is 8.01. The van der Waals surface area contributed by atoms with Gasteiger partial charge < -0.3 is 10.6 Å². The van der Waals surface area contributed by atoms with Gasteiger partial charge in [-0.25, -0.2) is 13.6 Å². The van der Waals surface area contributed by atoms with Crippen molar-refractivity contribution in [3.63, 3.8) is 0 Å². The average Bonchev–Trinajstić information content (AvgIpc) is 2.95. The molecule has 0 spiro atoms. The van der Waals surface area contributed by atoms with Crippen LogP contribution in [0.25, 0.3) is 0 Å². The lowest BCUT2D eigenvalue weighted by molar-refractivity contribution is 0.0789. The lowest BCUT2D eigenvalue weighted by atomic mass is 9.95. The van der Waals surface area contributed by atoms with Crippen LogP contribution in [0, 0.1) is 0 Å². The second kappa shape index (κ2) is 8.18. The maximum Gasteiger partial charge on any atom is 0.253 e. The van der Waals surface area contributed by atoms with Gasteiger partial charge in [0.1, 0.15) is 0 Å². The van der Waals surface area contributed by atoms with Crippen LogP contribution in [0.5, 0.6) is 0 Å². The van der Waals surface area contributed by atoms with Crippen molar-refractivity contribution in [3.8, 4) is 0 Å². The molecule has 0 unspecified atom stereocenters. The van der Waals surface area contributed by atoms with E-state index >= 15 is 0 Å². The molecule has 1 heterocycles. The first-order valence-electron chi connectivity index (χ1n) is 8.03. The number of likely N-dealkylation sites (tertiary alicyclic amines) is 1. The molecule has 1 fully saturated rings. The van der Waals surface area contributed by atoms with Crippen LogP contribution < -0.4 is 10.9 Å². The van der Waals surface area contributed by atoms with Gasteiger partial charge in [-0.05, 0) is 23.3 Å². The first-order chi connectivity index (χ1) is 11.8. The number of primary sulfonamides is 1. The van der Waals surface area contributed by atoms with Gasteiger partial charge in [0, 0.05) is 30.6 Å². The number of sulfonamides is 1. The van der Waals surface area contributed by atoms with Crippen molar-refractivity contribution in [1.82, 2.24) is 4.90 Å². The molecule has 0 radical (unpaired) electrons. The summed E-state index contributed by atoms with van der Waals surface area (Å²) in [6, 6.07) is 16.3. The van der Waals surface area contributed by atoms with E-state index < -0.39 is 10.0 Å². The summed E-state index contributed by atoms with van der Waals surface area (Å²) < 4.78 is 22.5. The summed E-state index contributed by atoms with van der Waals surface area (Å²) in [4.78, 5) is 14.5. The Hall–Kier alpha value is -1.93. The number of carbonyl (C=O) groups is 1. The molecule has 1 aliphatic heterocycles. The summed E-state index contributed by atoms with van der Waals surface area (Å²) in [5.74, 6) is -0.344. The Morgan fingerprint density at radius 2 is 1.77 bits per heavy atom. The number of rotatable bonds is 4. The fourth-order valence-electron chi connectivity index (χ4n) is 3.26. The Labute approximate surface area is 159 Å². The van der Waals surface area contributed by atoms with Crippen LogP contribution in [0.4, 0.5) is 0 Å². The Balaban J connectivity index is 0.00000243. The average molecular weight is 396 g/mol. The highest BCUT2D eigenvalue weighted by molar-refractivity contribution is 7.88. The third-order valence-electron chi connectivity index (χ3n) is 4.42. The number of amides is 1. The molecular weight excluding hydrogens is 374 g/mol. The number of benzene rings is 2. The van der Waals surface area contributed by atoms with E-state index in [1.54, 1.807) is 29.2 Å². The van der Waals surface area contributed by atoms with Gasteiger partial charge in [-0.15, -0.1) is 12.4 Å². The summed E-state index contributed by atoms with van der Waals surface area (Å²) >= 11 is 0. The molecule has 26 heavy (non-hydrogen) atoms. The minimum Gasteiger partial charge on any atom is -0.336 e. The van der Waals surface area contributed by atoms with E-state index in [0.717, 1.165) is 5.56 Å². The van der Waals surface area contributed by atoms with E-state index in [2.05, 4.69) is 0 Å². The number of carbonyl (C=O) groups excluding carboxylic acids is 1. The highest BCUT2D eigenvalue weighted by Crippen LogP contribution is 2.27. The molecule has 1 saturated heterocycles. The Morgan fingerprint density at radius 1 is 1.08 bits per heavy atom. The fourth-order valence-corrected chi connectivity index (χ4v) is 3.90. The van der Waals surface area contributed by atoms with Crippen LogP contribution in [-0.2, 0) is 15.8 Å². The van der Waals surface area contributed by atoms with Gasteiger partial charge in [0.2, 0.25) is 10.0 Å². The number of hydrogen-bond acceptors (Lipinski definition) is 4. The Kier molecular flexibility index (Phi) is 6.41. The van der Waals surface area contributed by atoms with Crippen molar-refractivity contribution in [3.05, 3.63) is 71.3 Å². The van der Waals surface area contributed by atoms with Crippen LogP contribution in [0.1, 0.15) is 27.4 Å². The van der Waals surface area contributed by atoms with Crippen molar-refractivity contribution in [2.75, 3.05) is 13.1 Å². The maximum atomic E-state index is 12.8. The smallest absolute Gasteiger partial charge is 0.253 e. The van der Waals surface area contributed by atoms with Gasteiger partial charge >= 0.3 is 0 Å². The molecule has 140 valence electrons. The van der Waals surface area contributed by atoms with Crippen molar-refractivity contribution in [1.29, 1.82) is 0 Å². The van der Waals surface area contributed by atoms with Crippen molar-refractivity contribution in [2.45, 2.75) is 17.7 Å². The van der Waals surface area contributed by atoms with E-state index in [9.17, 15) is 13.2 Å². The molecule has 2 atom stereocenters. The summed E-state index contributed by atoms with van der Waals surface area (Å²) in [7, 11) is -3.64. The number of hydrogen-bond donors (Lipinski definition) is 2. The normalized spacial score (nSPS) is 19.8. The standard InChI is InChI=1S/C18H21N3O3S.ClH/c19-17-11-21(10-16(17)14-6-2-1-3-7-14)18(22)15-8-4-5-13(9-15)12-25(20,23)24;/h1-9,16-17H,10-12,19H2,(H2,20,23,24);1H/t16-,17+;/m0./s1. The highest BCUT2D eigenvalue weighted by Gasteiger charge is 2.34. The van der Waals surface area contributed by atoms with Crippen LogP contribution in [0.15, 0.2) is 54.6 Å². The molecule has 0 saturated carbocycles. The fraction of sp³-hybridized carbons (Fsp3) is 0.278. The highest BCUT2D eigenvalue weighted by atomic mass is 35.5. The summed E-state index contributed by atoms with van der Waals surface area (Å²) in [5, 5.41) is 5.08. The van der Waals surface area contributed by atoms with Crippen molar-refractivity contribution in [2.24, 2.45) is 10.9 Å². The quantitative estimate of drug-likeness (QED) is 0.817. The molecule has 3 rings (SSSR count). The molecule has 0 bridgehead atoms. The van der Waals surface area contributed by atoms with Gasteiger partial charge in [0.15, 0.2) is 0 Å². The van der Waals surface area contributed by atoms with Gasteiger partial charge in [0.25, 0.3) is 5.91 Å². The van der Waals surface area contributed by atoms with E-state index in [4.69, 9.17) is 10.9 Å². The summed E-state index contributed by atoms with van der Waals surface area (Å²) in [6.45, 7) is 1.02. The third kappa shape index (κ3) is 4.82. The number of nitrogens with zero attached hydrogens (tertiary/aromatic N) is 1. The van der Waals surface area contributed by atoms with Gasteiger partial charge in [0.05, 0.1) is 5.75 Å². The predicted molar refractivity (Wildman–Crippen MR) is 104 cm³/mol. The molecule has 1 aliphatic rings. The van der Waals surface area contributed by atoms with E-state index in [1.807, 2.05) is 30.3 Å². The molecule has 8 heteroatoms. The van der Waals surface area contributed by atoms with Crippen LogP contribution in [0.2, 0.25) is 0 Å². The zero-order valence-corrected chi connectivity index (χ0v) is 15.7. The molecule has 4 N–H and O–H groups in total. The van der Waals surface area contributed by atoms with Crippen LogP contribution >= 0.6 is 12.4 Å². The number of halogens is 1. The molecule has 2 aromatic rings. The van der Waals surface area contributed by atoms with Crippen LogP contribution in [0.3, 0.4) is 0 Å². The first-order valence-corrected chi connectivity index (χ1v) is 9.74. The molecular formula is C18H22ClN3O3S. The minimum absolute atomic E-state index is 0. The van der Waals surface area contributed by atoms with E-state index in [1.165, 1.54) is 0 Å². The molecule has 2 aromatic carbocycles. The van der Waals surface area contributed by atoms with Crippen LogP contribution in [-0.4, -0.2) is 38.4 Å². The predicted octanol–water partition coefficient (Wildman–Crippen LogP) is 1.46. The largest absolute Gasteiger partial charge is 0.336 e. The molecule has 0 aliphatic carbocycles. The van der Waals surface area contributed by atoms with Crippen molar-refractivity contribution < 1.29 is 13.2 Å². The van der Waals surface area contributed by atoms with Gasteiger partial charge in [-0.1, -0.05) is 42.5 Å². The maximum absolute atomic E-state index is 12.8. The summed E-state index contributed by atoms with van der Waals surface area (Å²) in [5.41, 5.74) is 8.30. The molecule has 1 amide bonds. The Morgan fingerprint density at radius 3 is 2.42 bits per heavy atom. The molecule has 6 nitrogen and oxygen atoms in total. The zero-order chi connectivity index (χ0) is 18.0. The minimum atomic E-state index is -3.64. The van der Waals surface area contributed by atoms with E-state index in [-0.39, 0.29) is 36.0 Å². The third-order valence-corrected chi connectivity index (χ3v) is 5.16. The first kappa shape index (κ1) is 20.4. The zero-order valence-electron chi connectivity index (χ0n) is 14.1. The Bertz CT molecular complexity index is 874.